The van der Waals surface area contributed by atoms with Crippen molar-refractivity contribution in [2.45, 2.75) is 24.1 Å². The smallest absolute Gasteiger partial charge is 0.343 e. The number of aliphatic hydroxyl groups is 4. The van der Waals surface area contributed by atoms with Crippen LogP contribution in [-0.4, -0.2) is 57.1 Å². The van der Waals surface area contributed by atoms with Crippen molar-refractivity contribution in [1.29, 1.82) is 0 Å². The molecule has 0 bridgehead atoms. The van der Waals surface area contributed by atoms with E-state index in [1.54, 1.807) is 24.3 Å². The summed E-state index contributed by atoms with van der Waals surface area (Å²) >= 11 is 0. The number of para-hydroxylation sites is 1. The fourth-order valence-electron chi connectivity index (χ4n) is 2.35. The average Bonchev–Trinajstić information content (AvgIpc) is 3.03. The highest BCUT2D eigenvalue weighted by atomic mass is 16.7. The first-order valence-electron chi connectivity index (χ1n) is 6.55. The topological polar surface area (TPSA) is 131 Å². The minimum Gasteiger partial charge on any atom is -0.661 e. The Bertz CT molecular complexity index is 699. The predicted molar refractivity (Wildman–Crippen MR) is 71.8 cm³/mol. The van der Waals surface area contributed by atoms with E-state index in [2.05, 4.69) is 4.98 Å². The van der Waals surface area contributed by atoms with Crippen LogP contribution in [0.2, 0.25) is 0 Å². The van der Waals surface area contributed by atoms with Crippen molar-refractivity contribution >= 4 is 16.9 Å². The highest BCUT2D eigenvalue weighted by Gasteiger charge is 2.56. The van der Waals surface area contributed by atoms with E-state index < -0.39 is 36.7 Å². The summed E-state index contributed by atoms with van der Waals surface area (Å²) in [6, 6.07) is 6.97. The molecule has 0 radical (unpaired) electrons. The number of aromatic nitrogens is 1. The predicted octanol–water partition coefficient (Wildman–Crippen LogP) is -1.50. The molecule has 4 N–H and O–H groups in total. The Morgan fingerprint density at radius 2 is 2.09 bits per heavy atom. The summed E-state index contributed by atoms with van der Waals surface area (Å²) in [5.74, 6) is -3.24. The van der Waals surface area contributed by atoms with Crippen molar-refractivity contribution in [2.75, 3.05) is 6.61 Å². The molecule has 1 saturated heterocycles. The van der Waals surface area contributed by atoms with Gasteiger partial charge in [0.05, 0.1) is 6.61 Å². The van der Waals surface area contributed by atoms with Crippen LogP contribution < -0.4 is 9.72 Å². The van der Waals surface area contributed by atoms with E-state index in [1.807, 2.05) is 0 Å². The number of fused-ring (bicyclic) bond motifs is 1. The van der Waals surface area contributed by atoms with E-state index in [-0.39, 0.29) is 5.75 Å². The van der Waals surface area contributed by atoms with Crippen molar-refractivity contribution in [3.63, 3.8) is 0 Å². The highest BCUT2D eigenvalue weighted by molar-refractivity contribution is 5.89. The Labute approximate surface area is 124 Å². The van der Waals surface area contributed by atoms with Crippen LogP contribution in [0.4, 0.5) is 0 Å². The Balaban J connectivity index is 1.80. The third kappa shape index (κ3) is 2.27. The number of rotatable bonds is 3. The fourth-order valence-corrected chi connectivity index (χ4v) is 2.35. The van der Waals surface area contributed by atoms with Crippen LogP contribution in [0.3, 0.4) is 0 Å². The van der Waals surface area contributed by atoms with E-state index in [0.717, 1.165) is 0 Å². The van der Waals surface area contributed by atoms with Gasteiger partial charge in [0.25, 0.3) is 0 Å². The van der Waals surface area contributed by atoms with E-state index in [0.29, 0.717) is 10.9 Å². The van der Waals surface area contributed by atoms with Gasteiger partial charge in [-0.05, 0) is 0 Å². The molecule has 8 nitrogen and oxygen atoms in total. The van der Waals surface area contributed by atoms with Crippen molar-refractivity contribution < 1.29 is 34.7 Å². The molecule has 0 saturated carbocycles. The van der Waals surface area contributed by atoms with Gasteiger partial charge in [-0.1, -0.05) is 24.3 Å². The fraction of sp³-hybridized carbons (Fsp3) is 0.357. The second-order valence-electron chi connectivity index (χ2n) is 5.04. The zero-order chi connectivity index (χ0) is 15.9. The van der Waals surface area contributed by atoms with Crippen molar-refractivity contribution in [3.05, 3.63) is 30.5 Å². The van der Waals surface area contributed by atoms with Gasteiger partial charge in [0.15, 0.2) is 6.10 Å². The lowest BCUT2D eigenvalue weighted by molar-refractivity contribution is -0.246. The molecule has 2 heterocycles. The molecule has 4 atom stereocenters. The van der Waals surface area contributed by atoms with Gasteiger partial charge in [-0.3, -0.25) is 0 Å². The molecule has 1 fully saturated rings. The highest BCUT2D eigenvalue weighted by Crippen LogP contribution is 2.31. The first kappa shape index (κ1) is 14.9. The molecule has 0 amide bonds. The van der Waals surface area contributed by atoms with Crippen LogP contribution >= 0.6 is 0 Å². The van der Waals surface area contributed by atoms with Gasteiger partial charge < -0.3 is 34.9 Å². The number of benzene rings is 1. The van der Waals surface area contributed by atoms with Gasteiger partial charge in [0.2, 0.25) is 5.79 Å². The molecule has 8 heteroatoms. The van der Waals surface area contributed by atoms with E-state index in [1.165, 1.54) is 6.20 Å². The summed E-state index contributed by atoms with van der Waals surface area (Å²) in [6.07, 6.45) is -3.83. The minimum absolute atomic E-state index is 0.172. The number of hydrogen-bond acceptors (Lipinski definition) is 7. The summed E-state index contributed by atoms with van der Waals surface area (Å²) in [6.45, 7) is -0.976. The lowest BCUT2D eigenvalue weighted by atomic mass is 10.1. The average molecular weight is 308 g/mol. The monoisotopic (exact) mass is 308 g/mol. The van der Waals surface area contributed by atoms with Crippen LogP contribution in [0, 0.1) is 0 Å². The standard InChI is InChI=1S/C14H14NO7/c16-6-14(20)12(18)10(17)11(22-14)13(19)21-9-5-15-8-4-2-1-3-7(8)9/h1-5,10-12,16-18,20H,6H2/q-1/t10-,11+,12+,14-/m0/s1. The summed E-state index contributed by atoms with van der Waals surface area (Å²) in [4.78, 5) is 16.1. The normalized spacial score (nSPS) is 31.5. The number of aliphatic hydroxyl groups excluding tert-OH is 3. The molecule has 1 aliphatic rings. The van der Waals surface area contributed by atoms with Gasteiger partial charge >= 0.3 is 5.97 Å². The van der Waals surface area contributed by atoms with Crippen LogP contribution in [0.1, 0.15) is 0 Å². The number of nitrogens with zero attached hydrogens (tertiary/aromatic N) is 1. The first-order valence-corrected chi connectivity index (χ1v) is 6.55. The molecule has 0 spiro atoms. The van der Waals surface area contributed by atoms with Gasteiger partial charge in [0, 0.05) is 5.39 Å². The Morgan fingerprint density at radius 3 is 2.77 bits per heavy atom. The molecule has 3 rings (SSSR count). The molecule has 0 aliphatic carbocycles. The maximum Gasteiger partial charge on any atom is 0.343 e. The number of hydrogen-bond donors (Lipinski definition) is 4. The zero-order valence-electron chi connectivity index (χ0n) is 11.3. The lowest BCUT2D eigenvalue weighted by Crippen LogP contribution is -2.46. The van der Waals surface area contributed by atoms with Crippen molar-refractivity contribution in [1.82, 2.24) is 4.98 Å². The van der Waals surface area contributed by atoms with E-state index in [9.17, 15) is 20.1 Å². The lowest BCUT2D eigenvalue weighted by Gasteiger charge is -2.22. The quantitative estimate of drug-likeness (QED) is 0.504. The molecule has 118 valence electrons. The van der Waals surface area contributed by atoms with Gasteiger partial charge in [-0.15, -0.1) is 11.7 Å². The largest absolute Gasteiger partial charge is 0.661 e. The number of ether oxygens (including phenoxy) is 2. The number of carbonyl (C=O) groups excluding carboxylic acids is 1. The third-order valence-corrected chi connectivity index (χ3v) is 3.59. The van der Waals surface area contributed by atoms with Crippen LogP contribution in [0.5, 0.6) is 5.75 Å². The maximum atomic E-state index is 12.1. The summed E-state index contributed by atoms with van der Waals surface area (Å²) in [5, 5.41) is 38.8. The Morgan fingerprint density at radius 1 is 1.36 bits per heavy atom. The molecule has 0 unspecified atom stereocenters. The molecule has 2 aromatic rings. The number of esters is 1. The van der Waals surface area contributed by atoms with Crippen LogP contribution in [0.25, 0.3) is 10.9 Å². The van der Waals surface area contributed by atoms with Gasteiger partial charge in [-0.2, -0.15) is 0 Å². The first-order chi connectivity index (χ1) is 10.5. The number of carbonyl (C=O) groups is 1. The summed E-state index contributed by atoms with van der Waals surface area (Å²) < 4.78 is 9.97. The second kappa shape index (κ2) is 5.34. The summed E-state index contributed by atoms with van der Waals surface area (Å²) in [5.41, 5.74) is 0.630. The second-order valence-corrected chi connectivity index (χ2v) is 5.04. The molecule has 1 aromatic heterocycles. The molecule has 22 heavy (non-hydrogen) atoms. The Hall–Kier alpha value is -1.97. The maximum absolute atomic E-state index is 12.1. The molecular formula is C14H14NO7-. The van der Waals surface area contributed by atoms with Crippen LogP contribution in [0.15, 0.2) is 30.5 Å². The zero-order valence-corrected chi connectivity index (χ0v) is 11.3. The summed E-state index contributed by atoms with van der Waals surface area (Å²) in [7, 11) is 0. The van der Waals surface area contributed by atoms with E-state index in [4.69, 9.17) is 14.6 Å². The minimum atomic E-state index is -2.41. The van der Waals surface area contributed by atoms with Crippen molar-refractivity contribution in [2.24, 2.45) is 0 Å². The SMILES string of the molecule is O=C(Oc1c[n-]c2ccccc12)[C@@H]1O[C@@](O)(CO)[C@H](O)[C@H]1O. The third-order valence-electron chi connectivity index (χ3n) is 3.59. The van der Waals surface area contributed by atoms with Gasteiger partial charge in [-0.25, -0.2) is 4.79 Å². The van der Waals surface area contributed by atoms with E-state index >= 15 is 0 Å². The van der Waals surface area contributed by atoms with Gasteiger partial charge in [0.1, 0.15) is 18.0 Å². The molecular weight excluding hydrogens is 294 g/mol. The Kier molecular flexibility index (Phi) is 3.63. The molecule has 1 aliphatic heterocycles. The molecule has 1 aromatic carbocycles. The van der Waals surface area contributed by atoms with Crippen LogP contribution in [-0.2, 0) is 9.53 Å². The van der Waals surface area contributed by atoms with Crippen molar-refractivity contribution in [3.8, 4) is 5.75 Å².